The number of nitrogens with zero attached hydrogens (tertiary/aromatic N) is 5. The molecule has 0 aliphatic carbocycles. The average Bonchev–Trinajstić information content (AvgIpc) is 3.43. The van der Waals surface area contributed by atoms with Gasteiger partial charge in [-0.25, -0.2) is 9.97 Å². The molecule has 0 saturated carbocycles. The smallest absolute Gasteiger partial charge is 0.228 e. The fourth-order valence-corrected chi connectivity index (χ4v) is 5.37. The fourth-order valence-electron chi connectivity index (χ4n) is 5.04. The Labute approximate surface area is 202 Å². The third kappa shape index (κ3) is 4.79. The zero-order valence-corrected chi connectivity index (χ0v) is 20.7. The lowest BCUT2D eigenvalue weighted by Gasteiger charge is -2.35. The number of hydrogen-bond acceptors (Lipinski definition) is 6. The highest BCUT2D eigenvalue weighted by molar-refractivity contribution is 6.56. The van der Waals surface area contributed by atoms with E-state index in [9.17, 15) is 0 Å². The first kappa shape index (κ1) is 22.8. The molecule has 33 heavy (non-hydrogen) atoms. The molecule has 0 bridgehead atoms. The van der Waals surface area contributed by atoms with Gasteiger partial charge in [0.2, 0.25) is 5.95 Å². The molecule has 2 fully saturated rings. The summed E-state index contributed by atoms with van der Waals surface area (Å²) in [5.41, 5.74) is 3.07. The summed E-state index contributed by atoms with van der Waals surface area (Å²) in [6.07, 6.45) is 5.22. The molecular formula is C22H30B3ClN6O. The Kier molecular flexibility index (Phi) is 6.18. The van der Waals surface area contributed by atoms with Crippen molar-refractivity contribution in [3.8, 4) is 0 Å². The van der Waals surface area contributed by atoms with Gasteiger partial charge >= 0.3 is 0 Å². The van der Waals surface area contributed by atoms with Crippen molar-refractivity contribution in [1.82, 2.24) is 24.6 Å². The third-order valence-electron chi connectivity index (χ3n) is 6.80. The van der Waals surface area contributed by atoms with E-state index >= 15 is 0 Å². The predicted octanol–water partition coefficient (Wildman–Crippen LogP) is 0.967. The van der Waals surface area contributed by atoms with Crippen LogP contribution in [0.2, 0.25) is 5.02 Å². The minimum absolute atomic E-state index is 0.145. The lowest BCUT2D eigenvalue weighted by molar-refractivity contribution is 0.122. The quantitative estimate of drug-likeness (QED) is 0.570. The molecule has 170 valence electrons. The first-order valence-corrected chi connectivity index (χ1v) is 12.3. The molecule has 5 rings (SSSR count). The monoisotopic (exact) mass is 462 g/mol. The Balaban J connectivity index is 1.37. The number of aromatic nitrogens is 4. The number of hydrogen-bond donors (Lipinski definition) is 1. The second-order valence-electron chi connectivity index (χ2n) is 10.3. The number of nitrogens with one attached hydrogen (secondary N) is 1. The molecule has 3 aromatic rings. The van der Waals surface area contributed by atoms with Crippen LogP contribution in [-0.4, -0.2) is 80.5 Å². The maximum Gasteiger partial charge on any atom is 0.228 e. The summed E-state index contributed by atoms with van der Waals surface area (Å²) in [7, 11) is 6.39. The van der Waals surface area contributed by atoms with E-state index in [4.69, 9.17) is 21.3 Å². The molecule has 11 heteroatoms. The topological polar surface area (TPSA) is 68.1 Å². The van der Waals surface area contributed by atoms with Gasteiger partial charge in [-0.1, -0.05) is 11.6 Å². The van der Waals surface area contributed by atoms with Gasteiger partial charge < -0.3 is 10.1 Å². The molecule has 0 amide bonds. The van der Waals surface area contributed by atoms with Crippen LogP contribution in [-0.2, 0) is 9.97 Å². The molecule has 1 aromatic carbocycles. The number of benzene rings is 1. The van der Waals surface area contributed by atoms with Crippen LogP contribution in [0.3, 0.4) is 0 Å². The molecule has 2 aliphatic heterocycles. The zero-order chi connectivity index (χ0) is 23.2. The number of likely N-dealkylation sites (tertiary alicyclic amines) is 1. The predicted molar refractivity (Wildman–Crippen MR) is 141 cm³/mol. The summed E-state index contributed by atoms with van der Waals surface area (Å²) < 4.78 is 7.56. The summed E-state index contributed by atoms with van der Waals surface area (Å²) in [6, 6.07) is 6.78. The maximum absolute atomic E-state index is 6.73. The van der Waals surface area contributed by atoms with E-state index in [2.05, 4.69) is 49.9 Å². The van der Waals surface area contributed by atoms with Crippen molar-refractivity contribution in [1.29, 1.82) is 0 Å². The maximum atomic E-state index is 6.73. The lowest BCUT2D eigenvalue weighted by atomic mass is 9.49. The van der Waals surface area contributed by atoms with Gasteiger partial charge in [0.25, 0.3) is 0 Å². The second kappa shape index (κ2) is 8.97. The minimum atomic E-state index is -0.145. The van der Waals surface area contributed by atoms with E-state index in [-0.39, 0.29) is 5.24 Å². The highest BCUT2D eigenvalue weighted by atomic mass is 35.5. The Morgan fingerprint density at radius 2 is 1.94 bits per heavy atom. The molecule has 2 saturated heterocycles. The van der Waals surface area contributed by atoms with Crippen molar-refractivity contribution in [2.24, 2.45) is 0 Å². The molecule has 0 spiro atoms. The van der Waals surface area contributed by atoms with E-state index in [1.54, 1.807) is 0 Å². The molecule has 2 aliphatic rings. The van der Waals surface area contributed by atoms with Crippen LogP contribution in [0.5, 0.6) is 0 Å². The van der Waals surface area contributed by atoms with Gasteiger partial charge in [0.15, 0.2) is 0 Å². The number of fused-ring (bicyclic) bond motifs is 1. The van der Waals surface area contributed by atoms with Crippen LogP contribution in [0.25, 0.3) is 10.9 Å². The van der Waals surface area contributed by atoms with Crippen LogP contribution in [0, 0.1) is 6.92 Å². The van der Waals surface area contributed by atoms with Crippen LogP contribution in [0.4, 0.5) is 11.8 Å². The van der Waals surface area contributed by atoms with Crippen molar-refractivity contribution < 1.29 is 4.74 Å². The molecule has 7 nitrogen and oxygen atoms in total. The summed E-state index contributed by atoms with van der Waals surface area (Å²) >= 11 is 6.73. The van der Waals surface area contributed by atoms with Crippen molar-refractivity contribution in [3.05, 3.63) is 40.7 Å². The van der Waals surface area contributed by atoms with Crippen LogP contribution in [0.15, 0.2) is 24.4 Å². The van der Waals surface area contributed by atoms with Gasteiger partial charge in [-0.05, 0) is 68.1 Å². The number of ether oxygens (including phenoxy) is 1. The van der Waals surface area contributed by atoms with E-state index in [1.165, 1.54) is 5.56 Å². The summed E-state index contributed by atoms with van der Waals surface area (Å²) in [6.45, 7) is 5.96. The second-order valence-corrected chi connectivity index (χ2v) is 10.7. The van der Waals surface area contributed by atoms with Gasteiger partial charge in [0.1, 0.15) is 29.4 Å². The van der Waals surface area contributed by atoms with E-state index < -0.39 is 0 Å². The average molecular weight is 462 g/mol. The van der Waals surface area contributed by atoms with Crippen LogP contribution >= 0.6 is 11.6 Å². The number of aryl methyl sites for hydroxylation is 1. The number of piperidine rings is 1. The third-order valence-corrected chi connectivity index (χ3v) is 7.12. The van der Waals surface area contributed by atoms with Crippen molar-refractivity contribution >= 4 is 57.8 Å². The highest BCUT2D eigenvalue weighted by Gasteiger charge is 2.29. The number of anilines is 2. The normalized spacial score (nSPS) is 20.5. The van der Waals surface area contributed by atoms with Crippen LogP contribution in [0.1, 0.15) is 36.4 Å². The molecule has 0 radical (unpaired) electrons. The van der Waals surface area contributed by atoms with E-state index in [0.717, 1.165) is 73.0 Å². The summed E-state index contributed by atoms with van der Waals surface area (Å²) in [5.74, 6) is 1.91. The standard InChI is InChI=1S/C22H30B3ClN6O/c1-13-8-20(32(30-13)22(23,24)25)29-21-27-11-15-9-18(26)17(10-19(15)28-21)14-2-5-31(6-3-14)16-4-7-33-12-16/h8-11,14,16H,2-7,12,23-25H2,1H3,(H,27,28,29)/t16-/m1/s1. The van der Waals surface area contributed by atoms with Crippen molar-refractivity contribution in [2.45, 2.75) is 43.4 Å². The number of halogens is 1. The molecule has 4 heterocycles. The van der Waals surface area contributed by atoms with Gasteiger partial charge in [0, 0.05) is 35.3 Å². The van der Waals surface area contributed by atoms with Crippen molar-refractivity contribution in [3.63, 3.8) is 0 Å². The summed E-state index contributed by atoms with van der Waals surface area (Å²) in [5, 5.41) is 9.63. The first-order valence-electron chi connectivity index (χ1n) is 11.9. The zero-order valence-electron chi connectivity index (χ0n) is 19.9. The highest BCUT2D eigenvalue weighted by Crippen LogP contribution is 2.36. The molecule has 0 unspecified atom stereocenters. The van der Waals surface area contributed by atoms with Gasteiger partial charge in [0.05, 0.1) is 17.8 Å². The molecule has 1 atom stereocenters. The molecular weight excluding hydrogens is 432 g/mol. The van der Waals surface area contributed by atoms with Crippen LogP contribution < -0.4 is 5.32 Å². The Hall–Kier alpha value is -2.03. The largest absolute Gasteiger partial charge is 0.380 e. The summed E-state index contributed by atoms with van der Waals surface area (Å²) in [4.78, 5) is 11.9. The fraction of sp³-hybridized carbons (Fsp3) is 0.500. The van der Waals surface area contributed by atoms with Crippen molar-refractivity contribution in [2.75, 3.05) is 31.6 Å². The molecule has 1 N–H and O–H groups in total. The number of rotatable bonds is 5. The Bertz CT molecular complexity index is 1150. The Morgan fingerprint density at radius 3 is 2.64 bits per heavy atom. The Morgan fingerprint density at radius 1 is 1.15 bits per heavy atom. The van der Waals surface area contributed by atoms with Gasteiger partial charge in [-0.15, -0.1) is 0 Å². The minimum Gasteiger partial charge on any atom is -0.380 e. The first-order chi connectivity index (χ1) is 15.8. The van der Waals surface area contributed by atoms with Gasteiger partial charge in [-0.3, -0.25) is 9.58 Å². The molecule has 2 aromatic heterocycles. The van der Waals surface area contributed by atoms with Gasteiger partial charge in [-0.2, -0.15) is 5.10 Å². The lowest BCUT2D eigenvalue weighted by Crippen LogP contribution is -2.41. The van der Waals surface area contributed by atoms with E-state index in [1.807, 2.05) is 29.9 Å². The SMILES string of the molecule is BC(B)(B)n1nc(C)cc1Nc1ncc2cc(Cl)c(C3CCN([C@@H]4CCOC4)CC3)cc2n1. The van der Waals surface area contributed by atoms with E-state index in [0.29, 0.717) is 17.9 Å².